The molecule has 6 nitrogen and oxygen atoms in total. The molecule has 1 aromatic carbocycles. The fraction of sp³-hybridized carbons (Fsp3) is 0.333. The second kappa shape index (κ2) is 6.41. The van der Waals surface area contributed by atoms with Crippen LogP contribution in [-0.2, 0) is 13.0 Å². The van der Waals surface area contributed by atoms with Crippen LogP contribution in [0.4, 0.5) is 5.69 Å². The summed E-state index contributed by atoms with van der Waals surface area (Å²) in [6, 6.07) is 6.91. The maximum atomic E-state index is 10.9. The molecular weight excluding hydrogens is 270 g/mol. The molecule has 0 aliphatic heterocycles. The summed E-state index contributed by atoms with van der Waals surface area (Å²) in [5.74, 6) is 0.488. The molecule has 112 valence electrons. The van der Waals surface area contributed by atoms with Gasteiger partial charge in [-0.3, -0.25) is 10.1 Å². The summed E-state index contributed by atoms with van der Waals surface area (Å²) < 4.78 is 7.09. The quantitative estimate of drug-likeness (QED) is 0.653. The molecule has 0 bridgehead atoms. The average molecular weight is 289 g/mol. The Morgan fingerprint density at radius 1 is 1.38 bits per heavy atom. The lowest BCUT2D eigenvalue weighted by molar-refractivity contribution is -0.385. The minimum atomic E-state index is -0.413. The number of rotatable bonds is 6. The molecule has 1 atom stereocenters. The highest BCUT2D eigenvalue weighted by Crippen LogP contribution is 2.23. The van der Waals surface area contributed by atoms with Crippen molar-refractivity contribution in [3.05, 3.63) is 57.9 Å². The number of ether oxygens (including phenoxy) is 1. The van der Waals surface area contributed by atoms with Gasteiger partial charge in [0.05, 0.1) is 18.1 Å². The predicted molar refractivity (Wildman–Crippen MR) is 80.5 cm³/mol. The summed E-state index contributed by atoms with van der Waals surface area (Å²) >= 11 is 0. The van der Waals surface area contributed by atoms with E-state index < -0.39 is 4.92 Å². The number of nitro groups is 1. The maximum absolute atomic E-state index is 10.9. The lowest BCUT2D eigenvalue weighted by Crippen LogP contribution is -2.17. The summed E-state index contributed by atoms with van der Waals surface area (Å²) in [7, 11) is 1.50. The monoisotopic (exact) mass is 289 g/mol. The highest BCUT2D eigenvalue weighted by atomic mass is 16.6. The number of nitrogens with two attached hydrogens (primary N) is 1. The molecule has 0 spiro atoms. The van der Waals surface area contributed by atoms with Crippen molar-refractivity contribution in [1.82, 2.24) is 4.57 Å². The third-order valence-electron chi connectivity index (χ3n) is 3.13. The molecule has 1 heterocycles. The number of methoxy groups -OCH3 is 1. The van der Waals surface area contributed by atoms with Gasteiger partial charge in [0, 0.05) is 31.0 Å². The Balaban J connectivity index is 2.20. The van der Waals surface area contributed by atoms with Gasteiger partial charge in [-0.25, -0.2) is 0 Å². The van der Waals surface area contributed by atoms with Gasteiger partial charge >= 0.3 is 0 Å². The van der Waals surface area contributed by atoms with E-state index in [4.69, 9.17) is 10.5 Å². The van der Waals surface area contributed by atoms with E-state index in [9.17, 15) is 10.1 Å². The van der Waals surface area contributed by atoms with E-state index >= 15 is 0 Å². The van der Waals surface area contributed by atoms with Crippen LogP contribution in [0, 0.1) is 10.1 Å². The number of hydrogen-bond donors (Lipinski definition) is 1. The molecule has 2 rings (SSSR count). The number of non-ortho nitro benzene ring substituents is 1. The molecule has 2 aromatic rings. The predicted octanol–water partition coefficient (Wildman–Crippen LogP) is 2.34. The van der Waals surface area contributed by atoms with Crippen molar-refractivity contribution in [2.45, 2.75) is 25.9 Å². The molecular formula is C15H19N3O3. The van der Waals surface area contributed by atoms with Gasteiger partial charge in [-0.15, -0.1) is 0 Å². The van der Waals surface area contributed by atoms with Crippen molar-refractivity contribution in [3.8, 4) is 5.75 Å². The molecule has 0 radical (unpaired) electrons. The first-order chi connectivity index (χ1) is 9.97. The normalized spacial score (nSPS) is 12.1. The Hall–Kier alpha value is -2.34. The Kier molecular flexibility index (Phi) is 4.59. The van der Waals surface area contributed by atoms with Gasteiger partial charge in [0.2, 0.25) is 0 Å². The van der Waals surface area contributed by atoms with Crippen molar-refractivity contribution >= 4 is 5.69 Å². The first-order valence-electron chi connectivity index (χ1n) is 6.70. The largest absolute Gasteiger partial charge is 0.496 e. The lowest BCUT2D eigenvalue weighted by atomic mass is 10.1. The molecule has 21 heavy (non-hydrogen) atoms. The van der Waals surface area contributed by atoms with Gasteiger partial charge < -0.3 is 15.0 Å². The van der Waals surface area contributed by atoms with E-state index in [1.165, 1.54) is 13.2 Å². The van der Waals surface area contributed by atoms with Crippen molar-refractivity contribution in [2.24, 2.45) is 5.73 Å². The summed E-state index contributed by atoms with van der Waals surface area (Å²) in [6.45, 7) is 2.51. The minimum absolute atomic E-state index is 0.0345. The van der Waals surface area contributed by atoms with Crippen LogP contribution in [0.3, 0.4) is 0 Å². The zero-order chi connectivity index (χ0) is 15.4. The van der Waals surface area contributed by atoms with Crippen LogP contribution in [0.2, 0.25) is 0 Å². The van der Waals surface area contributed by atoms with Crippen LogP contribution < -0.4 is 10.5 Å². The van der Waals surface area contributed by atoms with E-state index in [1.54, 1.807) is 12.1 Å². The van der Waals surface area contributed by atoms with Crippen LogP contribution in [0.15, 0.2) is 36.7 Å². The topological polar surface area (TPSA) is 83.3 Å². The first-order valence-corrected chi connectivity index (χ1v) is 6.70. The lowest BCUT2D eigenvalue weighted by Gasteiger charge is -2.07. The molecule has 0 saturated carbocycles. The molecule has 0 amide bonds. The molecule has 1 aromatic heterocycles. The van der Waals surface area contributed by atoms with Gasteiger partial charge in [0.25, 0.3) is 5.69 Å². The van der Waals surface area contributed by atoms with Crippen molar-refractivity contribution in [2.75, 3.05) is 7.11 Å². The number of benzene rings is 1. The summed E-state index contributed by atoms with van der Waals surface area (Å²) in [5.41, 5.74) is 7.79. The van der Waals surface area contributed by atoms with E-state index in [0.717, 1.165) is 17.5 Å². The van der Waals surface area contributed by atoms with Crippen LogP contribution in [0.25, 0.3) is 0 Å². The van der Waals surface area contributed by atoms with Gasteiger partial charge in [-0.05, 0) is 36.6 Å². The first kappa shape index (κ1) is 15.1. The van der Waals surface area contributed by atoms with Crippen molar-refractivity contribution in [1.29, 1.82) is 0 Å². The van der Waals surface area contributed by atoms with Gasteiger partial charge in [-0.2, -0.15) is 0 Å². The van der Waals surface area contributed by atoms with E-state index in [2.05, 4.69) is 0 Å². The molecule has 6 heteroatoms. The fourth-order valence-corrected chi connectivity index (χ4v) is 2.25. The molecule has 1 unspecified atom stereocenters. The van der Waals surface area contributed by atoms with Crippen LogP contribution in [0.5, 0.6) is 5.75 Å². The molecule has 0 aliphatic carbocycles. The molecule has 0 fully saturated rings. The van der Waals surface area contributed by atoms with Gasteiger partial charge in [0.15, 0.2) is 0 Å². The Bertz CT molecular complexity index is 635. The zero-order valence-corrected chi connectivity index (χ0v) is 12.2. The smallest absolute Gasteiger partial charge is 0.273 e. The standard InChI is InChI=1S/C15H19N3O3/c1-11(16)5-12-3-4-17(9-12)10-13-6-14(18(19)20)8-15(7-13)21-2/h3-4,6-9,11H,5,10,16H2,1-2H3. The summed E-state index contributed by atoms with van der Waals surface area (Å²) in [6.07, 6.45) is 4.77. The third-order valence-corrected chi connectivity index (χ3v) is 3.13. The van der Waals surface area contributed by atoms with E-state index in [1.807, 2.05) is 30.0 Å². The fourth-order valence-electron chi connectivity index (χ4n) is 2.25. The molecule has 0 aliphatic rings. The maximum Gasteiger partial charge on any atom is 0.273 e. The van der Waals surface area contributed by atoms with Crippen LogP contribution in [-0.4, -0.2) is 22.6 Å². The van der Waals surface area contributed by atoms with Crippen molar-refractivity contribution in [3.63, 3.8) is 0 Å². The van der Waals surface area contributed by atoms with E-state index in [0.29, 0.717) is 12.3 Å². The molecule has 2 N–H and O–H groups in total. The minimum Gasteiger partial charge on any atom is -0.496 e. The number of nitro benzene ring substituents is 1. The SMILES string of the molecule is COc1cc(Cn2ccc(CC(C)N)c2)cc([N+](=O)[O-])c1. The second-order valence-corrected chi connectivity index (χ2v) is 5.17. The number of aromatic nitrogens is 1. The summed E-state index contributed by atoms with van der Waals surface area (Å²) in [4.78, 5) is 10.5. The Morgan fingerprint density at radius 3 is 2.76 bits per heavy atom. The Morgan fingerprint density at radius 2 is 2.14 bits per heavy atom. The van der Waals surface area contributed by atoms with Gasteiger partial charge in [-0.1, -0.05) is 0 Å². The highest BCUT2D eigenvalue weighted by Gasteiger charge is 2.10. The highest BCUT2D eigenvalue weighted by molar-refractivity contribution is 5.43. The van der Waals surface area contributed by atoms with Gasteiger partial charge in [0.1, 0.15) is 5.75 Å². The van der Waals surface area contributed by atoms with Crippen LogP contribution in [0.1, 0.15) is 18.1 Å². The molecule has 0 saturated heterocycles. The second-order valence-electron chi connectivity index (χ2n) is 5.17. The van der Waals surface area contributed by atoms with E-state index in [-0.39, 0.29) is 11.7 Å². The number of hydrogen-bond acceptors (Lipinski definition) is 4. The number of nitrogens with zero attached hydrogens (tertiary/aromatic N) is 2. The van der Waals surface area contributed by atoms with Crippen molar-refractivity contribution < 1.29 is 9.66 Å². The zero-order valence-electron chi connectivity index (χ0n) is 12.2. The third kappa shape index (κ3) is 4.06. The Labute approximate surface area is 123 Å². The summed E-state index contributed by atoms with van der Waals surface area (Å²) in [5, 5.41) is 10.9. The van der Waals surface area contributed by atoms with Crippen LogP contribution >= 0.6 is 0 Å². The average Bonchev–Trinajstić information content (AvgIpc) is 2.84.